The summed E-state index contributed by atoms with van der Waals surface area (Å²) in [5.74, 6) is 0. The zero-order valence-electron chi connectivity index (χ0n) is 7.95. The second-order valence-corrected chi connectivity index (χ2v) is 3.23. The molecule has 4 nitrogen and oxygen atoms in total. The van der Waals surface area contributed by atoms with E-state index in [0.717, 1.165) is 36.8 Å². The van der Waals surface area contributed by atoms with Crippen molar-refractivity contribution in [2.45, 2.75) is 25.7 Å². The van der Waals surface area contributed by atoms with Gasteiger partial charge in [-0.1, -0.05) is 0 Å². The van der Waals surface area contributed by atoms with Crippen LogP contribution in [0.4, 0.5) is 0 Å². The molecular weight excluding hydrogens is 180 g/mol. The fraction of sp³-hybridized carbons (Fsp3) is 0.600. The van der Waals surface area contributed by atoms with E-state index in [1.165, 1.54) is 12.2 Å². The first-order chi connectivity index (χ1) is 6.88. The summed E-state index contributed by atoms with van der Waals surface area (Å²) in [5.41, 5.74) is 2.28. The molecule has 4 heteroatoms. The quantitative estimate of drug-likeness (QED) is 0.385. The third kappa shape index (κ3) is 3.09. The first-order valence-electron chi connectivity index (χ1n) is 4.65. The molecule has 1 rings (SSSR count). The molecule has 0 unspecified atom stereocenters. The van der Waals surface area contributed by atoms with Gasteiger partial charge in [0, 0.05) is 0 Å². The third-order valence-electron chi connectivity index (χ3n) is 2.38. The Morgan fingerprint density at radius 2 is 1.36 bits per heavy atom. The van der Waals surface area contributed by atoms with Crippen LogP contribution in [0, 0.1) is 0 Å². The molecular formula is C10H12N2O2. The van der Waals surface area contributed by atoms with Gasteiger partial charge < -0.3 is 0 Å². The zero-order chi connectivity index (χ0) is 10.2. The van der Waals surface area contributed by atoms with Gasteiger partial charge in [-0.05, 0) is 36.8 Å². The number of rotatable bonds is 4. The van der Waals surface area contributed by atoms with E-state index in [1.54, 1.807) is 0 Å². The lowest BCUT2D eigenvalue weighted by Crippen LogP contribution is -2.05. The largest absolute Gasteiger partial charge is 0.235 e. The van der Waals surface area contributed by atoms with Crippen LogP contribution in [0.2, 0.25) is 0 Å². The van der Waals surface area contributed by atoms with Crippen molar-refractivity contribution in [2.24, 2.45) is 9.98 Å². The summed E-state index contributed by atoms with van der Waals surface area (Å²) in [4.78, 5) is 27.0. The molecule has 0 radical (unpaired) electrons. The number of hydrogen-bond acceptors (Lipinski definition) is 4. The first kappa shape index (κ1) is 10.6. The molecule has 14 heavy (non-hydrogen) atoms. The minimum absolute atomic E-state index is 0.410. The number of carbonyl (C=O) groups excluding carboxylic acids is 2. The number of hydrogen-bond donors (Lipinski definition) is 0. The highest BCUT2D eigenvalue weighted by atomic mass is 16.1. The van der Waals surface area contributed by atoms with Crippen LogP contribution in [0.15, 0.2) is 21.1 Å². The Hall–Kier alpha value is -1.50. The Bertz CT molecular complexity index is 289. The predicted octanol–water partition coefficient (Wildman–Crippen LogP) is 1.53. The molecule has 0 aromatic rings. The number of aliphatic imine (C=N–C) groups is 2. The molecule has 0 heterocycles. The smallest absolute Gasteiger partial charge is 0.211 e. The maximum Gasteiger partial charge on any atom is 0.235 e. The van der Waals surface area contributed by atoms with Crippen molar-refractivity contribution in [3.05, 3.63) is 11.1 Å². The summed E-state index contributed by atoms with van der Waals surface area (Å²) in [5, 5.41) is 0. The predicted molar refractivity (Wildman–Crippen MR) is 51.5 cm³/mol. The van der Waals surface area contributed by atoms with Gasteiger partial charge in [-0.15, -0.1) is 0 Å². The van der Waals surface area contributed by atoms with E-state index in [2.05, 4.69) is 9.98 Å². The second-order valence-electron chi connectivity index (χ2n) is 3.23. The maximum absolute atomic E-state index is 9.97. The monoisotopic (exact) mass is 192 g/mol. The fourth-order valence-corrected chi connectivity index (χ4v) is 1.67. The summed E-state index contributed by atoms with van der Waals surface area (Å²) < 4.78 is 0. The molecule has 1 aliphatic carbocycles. The van der Waals surface area contributed by atoms with E-state index in [1.807, 2.05) is 0 Å². The highest BCUT2D eigenvalue weighted by Gasteiger charge is 2.11. The van der Waals surface area contributed by atoms with Gasteiger partial charge in [-0.2, -0.15) is 0 Å². The van der Waals surface area contributed by atoms with Crippen LogP contribution in [-0.4, -0.2) is 25.2 Å². The average molecular weight is 192 g/mol. The Labute approximate surface area is 82.4 Å². The Kier molecular flexibility index (Phi) is 4.56. The molecule has 0 N–H and O–H groups in total. The van der Waals surface area contributed by atoms with Gasteiger partial charge in [-0.3, -0.25) is 0 Å². The minimum Gasteiger partial charge on any atom is -0.211 e. The average Bonchev–Trinajstić information content (AvgIpc) is 2.24. The minimum atomic E-state index is 0.410. The van der Waals surface area contributed by atoms with Gasteiger partial charge in [0.05, 0.1) is 13.1 Å². The van der Waals surface area contributed by atoms with Gasteiger partial charge in [0.15, 0.2) is 0 Å². The van der Waals surface area contributed by atoms with Gasteiger partial charge in [0.25, 0.3) is 0 Å². The Morgan fingerprint density at radius 3 is 1.71 bits per heavy atom. The highest BCUT2D eigenvalue weighted by molar-refractivity contribution is 5.36. The van der Waals surface area contributed by atoms with E-state index < -0.39 is 0 Å². The molecule has 0 aliphatic heterocycles. The first-order valence-corrected chi connectivity index (χ1v) is 4.65. The fourth-order valence-electron chi connectivity index (χ4n) is 1.67. The van der Waals surface area contributed by atoms with Crippen molar-refractivity contribution in [2.75, 3.05) is 13.1 Å². The van der Waals surface area contributed by atoms with E-state index in [0.29, 0.717) is 13.1 Å². The summed E-state index contributed by atoms with van der Waals surface area (Å²) in [7, 11) is 0. The maximum atomic E-state index is 9.97. The van der Waals surface area contributed by atoms with E-state index in [4.69, 9.17) is 0 Å². The summed E-state index contributed by atoms with van der Waals surface area (Å²) in [6, 6.07) is 0. The van der Waals surface area contributed by atoms with Gasteiger partial charge >= 0.3 is 0 Å². The van der Waals surface area contributed by atoms with Crippen LogP contribution in [-0.2, 0) is 9.59 Å². The van der Waals surface area contributed by atoms with Gasteiger partial charge in [0.2, 0.25) is 12.2 Å². The molecule has 0 bridgehead atoms. The lowest BCUT2D eigenvalue weighted by atomic mass is 9.92. The molecule has 0 saturated heterocycles. The zero-order valence-corrected chi connectivity index (χ0v) is 7.95. The van der Waals surface area contributed by atoms with Crippen molar-refractivity contribution in [1.82, 2.24) is 0 Å². The summed E-state index contributed by atoms with van der Waals surface area (Å²) >= 11 is 0. The molecule has 0 amide bonds. The highest BCUT2D eigenvalue weighted by Crippen LogP contribution is 2.24. The van der Waals surface area contributed by atoms with Crippen LogP contribution in [0.3, 0.4) is 0 Å². The van der Waals surface area contributed by atoms with Crippen LogP contribution < -0.4 is 0 Å². The van der Waals surface area contributed by atoms with Crippen molar-refractivity contribution in [1.29, 1.82) is 0 Å². The van der Waals surface area contributed by atoms with E-state index in [-0.39, 0.29) is 0 Å². The molecule has 74 valence electrons. The van der Waals surface area contributed by atoms with E-state index >= 15 is 0 Å². The SMILES string of the molecule is O=C=NCC1=C(CN=C=O)CCCC1. The molecule has 1 aliphatic rings. The normalized spacial score (nSPS) is 15.7. The lowest BCUT2D eigenvalue weighted by Gasteiger charge is -2.16. The van der Waals surface area contributed by atoms with Crippen LogP contribution >= 0.6 is 0 Å². The molecule has 0 aromatic heterocycles. The molecule has 0 fully saturated rings. The Balaban J connectivity index is 2.72. The lowest BCUT2D eigenvalue weighted by molar-refractivity contribution is 0.561. The van der Waals surface area contributed by atoms with Gasteiger partial charge in [0.1, 0.15) is 0 Å². The number of nitrogens with zero attached hydrogens (tertiary/aromatic N) is 2. The van der Waals surface area contributed by atoms with Crippen LogP contribution in [0.5, 0.6) is 0 Å². The van der Waals surface area contributed by atoms with Crippen molar-refractivity contribution < 1.29 is 9.59 Å². The second kappa shape index (κ2) is 6.03. The van der Waals surface area contributed by atoms with Crippen molar-refractivity contribution in [3.63, 3.8) is 0 Å². The Morgan fingerprint density at radius 1 is 0.929 bits per heavy atom. The topological polar surface area (TPSA) is 58.9 Å². The van der Waals surface area contributed by atoms with Crippen LogP contribution in [0.1, 0.15) is 25.7 Å². The summed E-state index contributed by atoms with van der Waals surface area (Å²) in [6.45, 7) is 0.820. The van der Waals surface area contributed by atoms with Crippen LogP contribution in [0.25, 0.3) is 0 Å². The van der Waals surface area contributed by atoms with E-state index in [9.17, 15) is 9.59 Å². The third-order valence-corrected chi connectivity index (χ3v) is 2.38. The summed E-state index contributed by atoms with van der Waals surface area (Å²) in [6.07, 6.45) is 7.20. The standard InChI is InChI=1S/C10H12N2O2/c13-7-11-5-9-3-1-2-4-10(9)6-12-8-14/h1-6H2. The molecule has 0 atom stereocenters. The molecule has 0 saturated carbocycles. The molecule has 0 spiro atoms. The van der Waals surface area contributed by atoms with Crippen molar-refractivity contribution >= 4 is 12.2 Å². The number of isocyanates is 2. The molecule has 0 aromatic carbocycles. The van der Waals surface area contributed by atoms with Gasteiger partial charge in [-0.25, -0.2) is 19.6 Å². The van der Waals surface area contributed by atoms with Crippen molar-refractivity contribution in [3.8, 4) is 0 Å².